The first-order valence-electron chi connectivity index (χ1n) is 10.2. The molecule has 30 heavy (non-hydrogen) atoms. The van der Waals surface area contributed by atoms with Gasteiger partial charge < -0.3 is 15.1 Å². The Bertz CT molecular complexity index is 993. The lowest BCUT2D eigenvalue weighted by molar-refractivity contribution is -0.134. The van der Waals surface area contributed by atoms with Gasteiger partial charge in [-0.15, -0.1) is 0 Å². The van der Waals surface area contributed by atoms with Crippen molar-refractivity contribution in [3.63, 3.8) is 0 Å². The van der Waals surface area contributed by atoms with E-state index in [0.717, 1.165) is 30.3 Å². The van der Waals surface area contributed by atoms with Crippen LogP contribution in [0.25, 0.3) is 0 Å². The van der Waals surface area contributed by atoms with E-state index >= 15 is 0 Å². The van der Waals surface area contributed by atoms with Crippen LogP contribution in [0.3, 0.4) is 0 Å². The van der Waals surface area contributed by atoms with Crippen LogP contribution < -0.4 is 10.2 Å². The first-order valence-corrected chi connectivity index (χ1v) is 10.2. The molecule has 156 valence electrons. The van der Waals surface area contributed by atoms with E-state index in [2.05, 4.69) is 39.4 Å². The Kier molecular flexibility index (Phi) is 5.65. The molecule has 1 saturated heterocycles. The zero-order chi connectivity index (χ0) is 21.1. The van der Waals surface area contributed by atoms with Gasteiger partial charge in [0.2, 0.25) is 11.9 Å². The number of nitrogens with zero attached hydrogens (tertiary/aromatic N) is 6. The highest BCUT2D eigenvalue weighted by atomic mass is 16.2. The number of rotatable bonds is 5. The zero-order valence-corrected chi connectivity index (χ0v) is 17.6. The molecule has 3 aromatic rings. The zero-order valence-electron chi connectivity index (χ0n) is 17.6. The number of amides is 1. The number of carbonyl (C=O) groups is 1. The van der Waals surface area contributed by atoms with Crippen molar-refractivity contribution < 1.29 is 4.79 Å². The van der Waals surface area contributed by atoms with Gasteiger partial charge in [0.1, 0.15) is 11.9 Å². The smallest absolute Gasteiger partial charge is 0.247 e. The highest BCUT2D eigenvalue weighted by Crippen LogP contribution is 2.21. The van der Waals surface area contributed by atoms with E-state index in [-0.39, 0.29) is 11.9 Å². The van der Waals surface area contributed by atoms with Gasteiger partial charge in [0.25, 0.3) is 0 Å². The van der Waals surface area contributed by atoms with Crippen molar-refractivity contribution in [2.75, 3.05) is 36.4 Å². The quantitative estimate of drug-likeness (QED) is 0.703. The summed E-state index contributed by atoms with van der Waals surface area (Å²) < 4.78 is 1.70. The average Bonchev–Trinajstić information content (AvgIpc) is 3.29. The monoisotopic (exact) mass is 405 g/mol. The third-order valence-electron chi connectivity index (χ3n) is 5.34. The minimum Gasteiger partial charge on any atom is -0.353 e. The molecule has 0 radical (unpaired) electrons. The fraction of sp³-hybridized carbons (Fsp3) is 0.364. The Morgan fingerprint density at radius 2 is 1.80 bits per heavy atom. The van der Waals surface area contributed by atoms with Gasteiger partial charge in [0, 0.05) is 56.0 Å². The van der Waals surface area contributed by atoms with Gasteiger partial charge >= 0.3 is 0 Å². The third kappa shape index (κ3) is 4.42. The predicted molar refractivity (Wildman–Crippen MR) is 117 cm³/mol. The van der Waals surface area contributed by atoms with Crippen LogP contribution in [0.4, 0.5) is 17.5 Å². The molecule has 8 heteroatoms. The first kappa shape index (κ1) is 19.9. The number of hydrogen-bond donors (Lipinski definition) is 1. The van der Waals surface area contributed by atoms with E-state index in [9.17, 15) is 4.79 Å². The molecule has 1 aliphatic rings. The molecule has 1 aliphatic heterocycles. The third-order valence-corrected chi connectivity index (χ3v) is 5.34. The van der Waals surface area contributed by atoms with Crippen LogP contribution in [0, 0.1) is 13.8 Å². The fourth-order valence-electron chi connectivity index (χ4n) is 3.58. The molecule has 0 spiro atoms. The molecule has 0 saturated carbocycles. The Labute approximate surface area is 176 Å². The van der Waals surface area contributed by atoms with E-state index < -0.39 is 0 Å². The summed E-state index contributed by atoms with van der Waals surface area (Å²) in [4.78, 5) is 26.1. The van der Waals surface area contributed by atoms with Gasteiger partial charge in [-0.05, 0) is 39.0 Å². The number of hydrogen-bond acceptors (Lipinski definition) is 6. The Balaban J connectivity index is 1.41. The number of aromatic nitrogens is 4. The minimum absolute atomic E-state index is 0.0962. The highest BCUT2D eigenvalue weighted by Gasteiger charge is 2.26. The second-order valence-corrected chi connectivity index (χ2v) is 7.66. The minimum atomic E-state index is -0.293. The Morgan fingerprint density at radius 1 is 1.07 bits per heavy atom. The van der Waals surface area contributed by atoms with Crippen molar-refractivity contribution in [3.8, 4) is 0 Å². The number of aryl methyl sites for hydroxylation is 2. The number of carbonyl (C=O) groups excluding carboxylic acids is 1. The standard InChI is InChI=1S/C22H27N7O/c1-16-5-7-19(8-6-16)25-22-24-17(2)15-20(26-22)27-11-13-28(14-12-27)21(30)18(3)29-10-4-9-23-29/h4-10,15,18H,11-14H2,1-3H3,(H,24,25,26). The van der Waals surface area contributed by atoms with Crippen molar-refractivity contribution in [1.29, 1.82) is 0 Å². The largest absolute Gasteiger partial charge is 0.353 e. The normalized spacial score (nSPS) is 15.2. The van der Waals surface area contributed by atoms with Gasteiger partial charge in [-0.25, -0.2) is 4.98 Å². The molecule has 1 unspecified atom stereocenters. The number of piperazine rings is 1. The summed E-state index contributed by atoms with van der Waals surface area (Å²) in [7, 11) is 0. The van der Waals surface area contributed by atoms with Gasteiger partial charge in [-0.3, -0.25) is 9.48 Å². The van der Waals surface area contributed by atoms with Crippen LogP contribution >= 0.6 is 0 Å². The molecule has 1 amide bonds. The van der Waals surface area contributed by atoms with Crippen molar-refractivity contribution in [3.05, 3.63) is 60.0 Å². The maximum atomic E-state index is 12.8. The van der Waals surface area contributed by atoms with E-state index in [1.165, 1.54) is 5.56 Å². The molecular weight excluding hydrogens is 378 g/mol. The van der Waals surface area contributed by atoms with Gasteiger partial charge in [-0.2, -0.15) is 10.1 Å². The summed E-state index contributed by atoms with van der Waals surface area (Å²) in [5, 5.41) is 7.47. The lowest BCUT2D eigenvalue weighted by Crippen LogP contribution is -2.50. The summed E-state index contributed by atoms with van der Waals surface area (Å²) >= 11 is 0. The van der Waals surface area contributed by atoms with Crippen LogP contribution in [-0.2, 0) is 4.79 Å². The van der Waals surface area contributed by atoms with Gasteiger partial charge in [-0.1, -0.05) is 17.7 Å². The predicted octanol–water partition coefficient (Wildman–Crippen LogP) is 2.94. The summed E-state index contributed by atoms with van der Waals surface area (Å²) in [5.41, 5.74) is 3.07. The molecule has 0 bridgehead atoms. The Hall–Kier alpha value is -3.42. The maximum absolute atomic E-state index is 12.8. The summed E-state index contributed by atoms with van der Waals surface area (Å²) in [6.07, 6.45) is 3.52. The molecule has 8 nitrogen and oxygen atoms in total. The number of anilines is 3. The van der Waals surface area contributed by atoms with Gasteiger partial charge in [0.15, 0.2) is 0 Å². The lowest BCUT2D eigenvalue weighted by Gasteiger charge is -2.36. The molecule has 1 N–H and O–H groups in total. The van der Waals surface area contributed by atoms with Crippen molar-refractivity contribution in [2.24, 2.45) is 0 Å². The average molecular weight is 406 g/mol. The fourth-order valence-corrected chi connectivity index (χ4v) is 3.58. The topological polar surface area (TPSA) is 79.2 Å². The SMILES string of the molecule is Cc1ccc(Nc2nc(C)cc(N3CCN(C(=O)C(C)n4cccn4)CC3)n2)cc1. The summed E-state index contributed by atoms with van der Waals surface area (Å²) in [5.74, 6) is 1.56. The molecule has 3 heterocycles. The van der Waals surface area contributed by atoms with Crippen molar-refractivity contribution >= 4 is 23.4 Å². The Morgan fingerprint density at radius 3 is 2.47 bits per heavy atom. The molecule has 1 aromatic carbocycles. The summed E-state index contributed by atoms with van der Waals surface area (Å²) in [6, 6.07) is 11.7. The number of benzene rings is 1. The lowest BCUT2D eigenvalue weighted by atomic mass is 10.2. The number of nitrogens with one attached hydrogen (secondary N) is 1. The van der Waals surface area contributed by atoms with Crippen LogP contribution in [0.1, 0.15) is 24.2 Å². The molecule has 0 aliphatic carbocycles. The maximum Gasteiger partial charge on any atom is 0.247 e. The molecule has 4 rings (SSSR count). The van der Waals surface area contributed by atoms with Crippen LogP contribution in [-0.4, -0.2) is 56.7 Å². The van der Waals surface area contributed by atoms with E-state index in [1.807, 2.05) is 49.2 Å². The van der Waals surface area contributed by atoms with Crippen molar-refractivity contribution in [2.45, 2.75) is 26.8 Å². The van der Waals surface area contributed by atoms with Crippen LogP contribution in [0.2, 0.25) is 0 Å². The molecular formula is C22H27N7O. The second-order valence-electron chi connectivity index (χ2n) is 7.66. The van der Waals surface area contributed by atoms with E-state index in [4.69, 9.17) is 4.98 Å². The summed E-state index contributed by atoms with van der Waals surface area (Å²) in [6.45, 7) is 8.71. The highest BCUT2D eigenvalue weighted by molar-refractivity contribution is 5.80. The second kappa shape index (κ2) is 8.52. The van der Waals surface area contributed by atoms with Crippen LogP contribution in [0.5, 0.6) is 0 Å². The van der Waals surface area contributed by atoms with Gasteiger partial charge in [0.05, 0.1) is 0 Å². The molecule has 1 fully saturated rings. The van der Waals surface area contributed by atoms with Crippen LogP contribution in [0.15, 0.2) is 48.8 Å². The molecule has 1 atom stereocenters. The van der Waals surface area contributed by atoms with E-state index in [1.54, 1.807) is 10.9 Å². The first-order chi connectivity index (χ1) is 14.5. The van der Waals surface area contributed by atoms with Crippen molar-refractivity contribution in [1.82, 2.24) is 24.6 Å². The van der Waals surface area contributed by atoms with E-state index in [0.29, 0.717) is 19.0 Å². The molecule has 2 aromatic heterocycles.